The Bertz CT molecular complexity index is 4700. The Kier molecular flexibility index (Phi) is 11.2. The fourth-order valence-electron chi connectivity index (χ4n) is 15.0. The number of rotatable bonds is 8. The summed E-state index contributed by atoms with van der Waals surface area (Å²) < 4.78 is 29.1. The molecule has 0 aliphatic carbocycles. The minimum atomic E-state index is -0.306. The molecule has 0 amide bonds. The molecule has 0 aromatic heterocycles. The first-order chi connectivity index (χ1) is 44.5. The van der Waals surface area contributed by atoms with Crippen molar-refractivity contribution in [1.82, 2.24) is 0 Å². The van der Waals surface area contributed by atoms with Crippen molar-refractivity contribution in [1.29, 1.82) is 0 Å². The molecular weight excluding hydrogens is 1120 g/mol. The molecule has 13 aromatic carbocycles. The monoisotopic (exact) mass is 1170 g/mol. The number of benzene rings is 13. The highest BCUT2D eigenvalue weighted by Crippen LogP contribution is 2.50. The normalized spacial score (nSPS) is 13.4. The van der Waals surface area contributed by atoms with Crippen LogP contribution < -0.4 is 87.7 Å². The van der Waals surface area contributed by atoms with E-state index in [4.69, 9.17) is 30.5 Å². The topological polar surface area (TPSA) is 49.9 Å². The van der Waals surface area contributed by atoms with Gasteiger partial charge in [-0.15, -0.1) is 0 Å². The first-order valence-corrected chi connectivity index (χ1v) is 30.9. The molecule has 0 atom stereocenters. The summed E-state index contributed by atoms with van der Waals surface area (Å²) in [7, 11) is 0. The summed E-state index contributed by atoms with van der Waals surface area (Å²) in [5, 5.41) is 0.614. The average molecular weight is 1170 g/mol. The quantitative estimate of drug-likeness (QED) is 0.140. The van der Waals surface area contributed by atoms with Crippen LogP contribution in [0.2, 0.25) is 5.02 Å². The Labute approximate surface area is 526 Å². The van der Waals surface area contributed by atoms with Crippen molar-refractivity contribution in [2.75, 3.05) is 19.6 Å². The molecular formula is C78H48B3ClN4O4. The molecule has 0 fully saturated rings. The lowest BCUT2D eigenvalue weighted by Gasteiger charge is -2.45. The first kappa shape index (κ1) is 50.9. The van der Waals surface area contributed by atoms with Crippen LogP contribution in [0.25, 0.3) is 0 Å². The maximum Gasteiger partial charge on any atom is 0.260 e. The van der Waals surface area contributed by atoms with Crippen molar-refractivity contribution in [3.05, 3.63) is 296 Å². The molecule has 8 nitrogen and oxygen atoms in total. The van der Waals surface area contributed by atoms with Gasteiger partial charge in [0.25, 0.3) is 20.1 Å². The van der Waals surface area contributed by atoms with Crippen LogP contribution in [-0.4, -0.2) is 20.1 Å². The second-order valence-electron chi connectivity index (χ2n) is 23.6. The molecule has 0 unspecified atom stereocenters. The number of anilines is 12. The van der Waals surface area contributed by atoms with Crippen LogP contribution in [-0.2, 0) is 0 Å². The van der Waals surface area contributed by atoms with Gasteiger partial charge >= 0.3 is 0 Å². The highest BCUT2D eigenvalue weighted by molar-refractivity contribution is 7.03. The van der Waals surface area contributed by atoms with Crippen molar-refractivity contribution >= 4 is 149 Å². The van der Waals surface area contributed by atoms with Crippen molar-refractivity contribution in [3.63, 3.8) is 0 Å². The molecule has 0 saturated heterocycles. The minimum absolute atomic E-state index is 0.236. The maximum absolute atomic E-state index is 7.57. The van der Waals surface area contributed by atoms with Crippen LogP contribution >= 0.6 is 11.6 Å². The average Bonchev–Trinajstić information content (AvgIpc) is 0.700. The predicted molar refractivity (Wildman–Crippen MR) is 370 cm³/mol. The standard InChI is InChI=1S/C78H48B3ClN4O4/c82-49-39-66-76-67(40-49)86(55-33-17-6-18-34-55)65-48-71-63(80-59-36-20-22-38-69(59)88-73-42-57(44-75(90-71)78(73)80)84(52-27-11-3-12-28-52)53-29-13-4-14-30-53)46-61(65)81(76)60-45-62-70(47-64(60)85(66)54-31-15-5-16-32-54)89-74-43-56(41-72-77(74)79(62)58-35-19-21-37-68(58)87-72)83(50-23-7-1-8-24-50)51-25-9-2-10-26-51/h1-48H. The van der Waals surface area contributed by atoms with Crippen LogP contribution in [0.3, 0.4) is 0 Å². The fourth-order valence-corrected chi connectivity index (χ4v) is 15.2. The zero-order valence-electron chi connectivity index (χ0n) is 48.2. The molecule has 0 N–H and O–H groups in total. The van der Waals surface area contributed by atoms with Gasteiger partial charge in [-0.3, -0.25) is 0 Å². The van der Waals surface area contributed by atoms with E-state index in [0.29, 0.717) is 5.02 Å². The Morgan fingerprint density at radius 2 is 0.556 bits per heavy atom. The summed E-state index contributed by atoms with van der Waals surface area (Å²) in [5.74, 6) is 6.15. The molecule has 6 aliphatic heterocycles. The SMILES string of the molecule is Clc1cc2c3c(c1)N(c1ccccc1)c1cc4c(cc1B3c1cc3c(cc1N2c1ccccc1)Oc1cc(N(c2ccccc2)c2ccccc2)cc2c1B3c1ccccc1O2)B1c2ccccc2Oc2cc(N(c3ccccc3)c3ccccc3)cc(c21)O4. The van der Waals surface area contributed by atoms with Gasteiger partial charge in [-0.1, -0.05) is 169 Å². The van der Waals surface area contributed by atoms with Gasteiger partial charge in [0.05, 0.1) is 11.4 Å². The van der Waals surface area contributed by atoms with E-state index in [2.05, 4.69) is 311 Å². The van der Waals surface area contributed by atoms with Gasteiger partial charge < -0.3 is 38.5 Å². The number of hydrogen-bond donors (Lipinski definition) is 0. The van der Waals surface area contributed by atoms with E-state index in [1.807, 2.05) is 0 Å². The molecule has 19 rings (SSSR count). The molecule has 13 aromatic rings. The van der Waals surface area contributed by atoms with E-state index in [-0.39, 0.29) is 20.1 Å². The summed E-state index contributed by atoms with van der Waals surface area (Å²) in [6.07, 6.45) is 0. The lowest BCUT2D eigenvalue weighted by molar-refractivity contribution is 0.464. The van der Waals surface area contributed by atoms with Gasteiger partial charge in [0.15, 0.2) is 0 Å². The van der Waals surface area contributed by atoms with Crippen molar-refractivity contribution in [2.45, 2.75) is 0 Å². The maximum atomic E-state index is 7.57. The summed E-state index contributed by atoms with van der Waals surface area (Å²) in [5.41, 5.74) is 21.5. The van der Waals surface area contributed by atoms with E-state index >= 15 is 0 Å². The Balaban J connectivity index is 0.851. The third-order valence-corrected chi connectivity index (χ3v) is 18.8. The summed E-state index contributed by atoms with van der Waals surface area (Å²) in [6, 6.07) is 103. The highest BCUT2D eigenvalue weighted by atomic mass is 35.5. The van der Waals surface area contributed by atoms with E-state index in [0.717, 1.165) is 163 Å². The lowest BCUT2D eigenvalue weighted by atomic mass is 9.29. The van der Waals surface area contributed by atoms with Crippen molar-refractivity contribution < 1.29 is 18.9 Å². The first-order valence-electron chi connectivity index (χ1n) is 30.5. The number of para-hydroxylation sites is 8. The van der Waals surface area contributed by atoms with Crippen molar-refractivity contribution in [2.24, 2.45) is 0 Å². The lowest BCUT2D eigenvalue weighted by Crippen LogP contribution is -2.65. The summed E-state index contributed by atoms with van der Waals surface area (Å²) in [4.78, 5) is 9.31. The zero-order valence-corrected chi connectivity index (χ0v) is 49.0. The van der Waals surface area contributed by atoms with Gasteiger partial charge in [0.1, 0.15) is 46.0 Å². The van der Waals surface area contributed by atoms with Crippen LogP contribution in [0, 0.1) is 0 Å². The number of halogens is 1. The Morgan fingerprint density at radius 1 is 0.244 bits per heavy atom. The summed E-state index contributed by atoms with van der Waals surface area (Å²) >= 11 is 7.57. The number of hydrogen-bond acceptors (Lipinski definition) is 8. The van der Waals surface area contributed by atoms with Gasteiger partial charge in [-0.25, -0.2) is 0 Å². The van der Waals surface area contributed by atoms with Gasteiger partial charge in [-0.05, 0) is 135 Å². The van der Waals surface area contributed by atoms with Crippen LogP contribution in [0.5, 0.6) is 46.0 Å². The smallest absolute Gasteiger partial charge is 0.260 e. The number of ether oxygens (including phenoxy) is 4. The van der Waals surface area contributed by atoms with E-state index in [9.17, 15) is 0 Å². The fraction of sp³-hybridized carbons (Fsp3) is 0. The third kappa shape index (κ3) is 7.72. The number of nitrogens with zero attached hydrogens (tertiary/aromatic N) is 4. The van der Waals surface area contributed by atoms with Gasteiger partial charge in [0, 0.05) is 109 Å². The number of fused-ring (bicyclic) bond motifs is 12. The Morgan fingerprint density at radius 3 is 0.922 bits per heavy atom. The minimum Gasteiger partial charge on any atom is -0.458 e. The van der Waals surface area contributed by atoms with E-state index in [1.54, 1.807) is 0 Å². The Hall–Kier alpha value is -11.3. The van der Waals surface area contributed by atoms with Crippen LogP contribution in [0.1, 0.15) is 0 Å². The largest absolute Gasteiger partial charge is 0.458 e. The molecule has 0 radical (unpaired) electrons. The third-order valence-electron chi connectivity index (χ3n) is 18.6. The zero-order chi connectivity index (χ0) is 59.1. The molecule has 0 saturated carbocycles. The molecule has 6 aliphatic rings. The molecule has 90 heavy (non-hydrogen) atoms. The highest BCUT2D eigenvalue weighted by Gasteiger charge is 2.50. The second kappa shape index (κ2) is 19.9. The second-order valence-corrected chi connectivity index (χ2v) is 24.0. The molecule has 0 bridgehead atoms. The molecule has 6 heterocycles. The van der Waals surface area contributed by atoms with E-state index < -0.39 is 0 Å². The van der Waals surface area contributed by atoms with Crippen LogP contribution in [0.4, 0.5) is 68.2 Å². The summed E-state index contributed by atoms with van der Waals surface area (Å²) in [6.45, 7) is -0.777. The predicted octanol–water partition coefficient (Wildman–Crippen LogP) is 14.8. The molecule has 12 heteroatoms. The van der Waals surface area contributed by atoms with E-state index in [1.165, 1.54) is 0 Å². The van der Waals surface area contributed by atoms with Gasteiger partial charge in [-0.2, -0.15) is 0 Å². The van der Waals surface area contributed by atoms with Gasteiger partial charge in [0.2, 0.25) is 0 Å². The molecule has 420 valence electrons. The van der Waals surface area contributed by atoms with Crippen molar-refractivity contribution in [3.8, 4) is 46.0 Å². The molecule has 0 spiro atoms. The van der Waals surface area contributed by atoms with Crippen LogP contribution in [0.15, 0.2) is 291 Å².